The second-order valence-corrected chi connectivity index (χ2v) is 11.1. The van der Waals surface area contributed by atoms with Crippen molar-refractivity contribution in [3.05, 3.63) is 63.7 Å². The topological polar surface area (TPSA) is 66.5 Å². The predicted octanol–water partition coefficient (Wildman–Crippen LogP) is 5.27. The molecule has 0 radical (unpaired) electrons. The number of sulfonamides is 1. The number of nitrogens with one attached hydrogen (secondary N) is 1. The fourth-order valence-electron chi connectivity index (χ4n) is 4.72. The minimum atomic E-state index is -3.64. The highest BCUT2D eigenvalue weighted by Gasteiger charge is 2.28. The van der Waals surface area contributed by atoms with Gasteiger partial charge < -0.3 is 5.32 Å². The Morgan fingerprint density at radius 1 is 1.00 bits per heavy atom. The van der Waals surface area contributed by atoms with E-state index in [1.807, 2.05) is 6.92 Å². The highest BCUT2D eigenvalue weighted by Crippen LogP contribution is 2.28. The maximum atomic E-state index is 13.1. The molecule has 32 heavy (non-hydrogen) atoms. The molecule has 1 fully saturated rings. The van der Waals surface area contributed by atoms with Crippen molar-refractivity contribution in [2.75, 3.05) is 13.1 Å². The number of hydrogen-bond donors (Lipinski definition) is 1. The quantitative estimate of drug-likeness (QED) is 0.619. The molecular formula is C25H31ClN2O3S. The van der Waals surface area contributed by atoms with Gasteiger partial charge in [0.25, 0.3) is 5.91 Å². The van der Waals surface area contributed by atoms with Gasteiger partial charge in [-0.2, -0.15) is 4.31 Å². The number of aryl methyl sites for hydroxylation is 2. The summed E-state index contributed by atoms with van der Waals surface area (Å²) in [4.78, 5) is 13.3. The van der Waals surface area contributed by atoms with Gasteiger partial charge in [-0.25, -0.2) is 8.42 Å². The van der Waals surface area contributed by atoms with E-state index in [-0.39, 0.29) is 27.4 Å². The first kappa shape index (κ1) is 23.3. The summed E-state index contributed by atoms with van der Waals surface area (Å²) in [7, 11) is -3.64. The first-order valence-corrected chi connectivity index (χ1v) is 13.4. The lowest BCUT2D eigenvalue weighted by atomic mass is 9.88. The van der Waals surface area contributed by atoms with E-state index in [1.165, 1.54) is 46.5 Å². The van der Waals surface area contributed by atoms with E-state index in [1.54, 1.807) is 0 Å². The van der Waals surface area contributed by atoms with Crippen LogP contribution in [0.3, 0.4) is 0 Å². The Bertz CT molecular complexity index is 1090. The molecule has 1 heterocycles. The maximum Gasteiger partial charge on any atom is 0.253 e. The Kier molecular flexibility index (Phi) is 7.23. The van der Waals surface area contributed by atoms with E-state index in [2.05, 4.69) is 23.5 Å². The molecule has 172 valence electrons. The second kappa shape index (κ2) is 9.94. The lowest BCUT2D eigenvalue weighted by Gasteiger charge is -2.26. The molecule has 0 unspecified atom stereocenters. The molecule has 2 aromatic rings. The Morgan fingerprint density at radius 2 is 1.72 bits per heavy atom. The van der Waals surface area contributed by atoms with Crippen LogP contribution in [0.5, 0.6) is 0 Å². The summed E-state index contributed by atoms with van der Waals surface area (Å²) in [5.41, 5.74) is 4.05. The number of fused-ring (bicyclic) bond motifs is 1. The molecule has 1 aliphatic heterocycles. The zero-order chi connectivity index (χ0) is 22.7. The minimum Gasteiger partial charge on any atom is -0.345 e. The Hall–Kier alpha value is -1.89. The van der Waals surface area contributed by atoms with Gasteiger partial charge in [-0.1, -0.05) is 43.1 Å². The molecule has 2 aliphatic rings. The molecule has 5 nitrogen and oxygen atoms in total. The highest BCUT2D eigenvalue weighted by atomic mass is 35.5. The van der Waals surface area contributed by atoms with Gasteiger partial charge in [0, 0.05) is 13.1 Å². The molecule has 0 aromatic heterocycles. The van der Waals surface area contributed by atoms with Crippen LogP contribution in [0, 0.1) is 0 Å². The van der Waals surface area contributed by atoms with E-state index in [9.17, 15) is 13.2 Å². The molecule has 0 spiro atoms. The standard InChI is InChI=1S/C25H31ClN2O3S/c1-2-24(20-11-10-18-8-4-5-9-19(18)16-20)27-25(29)22-17-21(12-13-23(22)26)32(30,31)28-14-6-3-7-15-28/h10-13,16-17,24H,2-9,14-15H2,1H3,(H,27,29)/t24-/m0/s1. The first-order valence-electron chi connectivity index (χ1n) is 11.6. The van der Waals surface area contributed by atoms with Crippen molar-refractivity contribution in [1.82, 2.24) is 9.62 Å². The summed E-state index contributed by atoms with van der Waals surface area (Å²) in [6.45, 7) is 3.06. The van der Waals surface area contributed by atoms with Gasteiger partial charge in [0.15, 0.2) is 0 Å². The fraction of sp³-hybridized carbons (Fsp3) is 0.480. The molecule has 1 amide bonds. The maximum absolute atomic E-state index is 13.1. The molecule has 0 bridgehead atoms. The zero-order valence-electron chi connectivity index (χ0n) is 18.6. The zero-order valence-corrected chi connectivity index (χ0v) is 20.1. The van der Waals surface area contributed by atoms with Crippen LogP contribution in [0.15, 0.2) is 41.3 Å². The Morgan fingerprint density at radius 3 is 2.44 bits per heavy atom. The molecule has 1 N–H and O–H groups in total. The highest BCUT2D eigenvalue weighted by molar-refractivity contribution is 7.89. The van der Waals surface area contributed by atoms with Crippen molar-refractivity contribution in [3.63, 3.8) is 0 Å². The molecule has 0 saturated carbocycles. The van der Waals surface area contributed by atoms with E-state index in [0.29, 0.717) is 13.1 Å². The van der Waals surface area contributed by atoms with E-state index in [0.717, 1.165) is 44.1 Å². The van der Waals surface area contributed by atoms with Crippen molar-refractivity contribution in [2.45, 2.75) is 69.2 Å². The monoisotopic (exact) mass is 474 g/mol. The van der Waals surface area contributed by atoms with Crippen LogP contribution in [-0.4, -0.2) is 31.7 Å². The van der Waals surface area contributed by atoms with Gasteiger partial charge in [0.2, 0.25) is 10.0 Å². The molecule has 2 aromatic carbocycles. The van der Waals surface area contributed by atoms with E-state index in [4.69, 9.17) is 11.6 Å². The van der Waals surface area contributed by atoms with Crippen LogP contribution in [0.2, 0.25) is 5.02 Å². The summed E-state index contributed by atoms with van der Waals surface area (Å²) >= 11 is 6.33. The van der Waals surface area contributed by atoms with E-state index < -0.39 is 10.0 Å². The van der Waals surface area contributed by atoms with Crippen LogP contribution < -0.4 is 5.32 Å². The van der Waals surface area contributed by atoms with Crippen LogP contribution >= 0.6 is 11.6 Å². The van der Waals surface area contributed by atoms with Gasteiger partial charge in [0.1, 0.15) is 0 Å². The first-order chi connectivity index (χ1) is 15.4. The predicted molar refractivity (Wildman–Crippen MR) is 128 cm³/mol. The van der Waals surface area contributed by atoms with Crippen molar-refractivity contribution in [1.29, 1.82) is 0 Å². The van der Waals surface area contributed by atoms with Crippen LogP contribution in [0.4, 0.5) is 0 Å². The van der Waals surface area contributed by atoms with Crippen molar-refractivity contribution in [2.24, 2.45) is 0 Å². The molecule has 1 atom stereocenters. The van der Waals surface area contributed by atoms with Gasteiger partial charge in [-0.3, -0.25) is 4.79 Å². The fourth-order valence-corrected chi connectivity index (χ4v) is 6.47. The number of rotatable bonds is 6. The number of halogens is 1. The summed E-state index contributed by atoms with van der Waals surface area (Å²) in [6, 6.07) is 10.7. The molecule has 4 rings (SSSR count). The third kappa shape index (κ3) is 4.87. The SMILES string of the molecule is CC[C@H](NC(=O)c1cc(S(=O)(=O)N2CCCCC2)ccc1Cl)c1ccc2c(c1)CCCC2. The minimum absolute atomic E-state index is 0.121. The number of carbonyl (C=O) groups excluding carboxylic acids is 1. The van der Waals surface area contributed by atoms with Gasteiger partial charge in [-0.05, 0) is 79.8 Å². The third-order valence-corrected chi connectivity index (χ3v) is 8.85. The Balaban J connectivity index is 1.56. The molecule has 1 aliphatic carbocycles. The molecule has 1 saturated heterocycles. The largest absolute Gasteiger partial charge is 0.345 e. The molecular weight excluding hydrogens is 444 g/mol. The molecule has 7 heteroatoms. The normalized spacial score (nSPS) is 18.1. The van der Waals surface area contributed by atoms with Crippen molar-refractivity contribution < 1.29 is 13.2 Å². The average Bonchev–Trinajstić information content (AvgIpc) is 2.82. The summed E-state index contributed by atoms with van der Waals surface area (Å²) in [5.74, 6) is -0.352. The number of nitrogens with zero attached hydrogens (tertiary/aromatic N) is 1. The van der Waals surface area contributed by atoms with E-state index >= 15 is 0 Å². The average molecular weight is 475 g/mol. The number of amides is 1. The third-order valence-electron chi connectivity index (χ3n) is 6.62. The number of carbonyl (C=O) groups is 1. The Labute approximate surface area is 196 Å². The lowest BCUT2D eigenvalue weighted by molar-refractivity contribution is 0.0935. The van der Waals surface area contributed by atoms with Crippen LogP contribution in [0.25, 0.3) is 0 Å². The van der Waals surface area contributed by atoms with Crippen molar-refractivity contribution >= 4 is 27.5 Å². The smallest absolute Gasteiger partial charge is 0.253 e. The summed E-state index contributed by atoms with van der Waals surface area (Å²) < 4.78 is 27.6. The summed E-state index contributed by atoms with van der Waals surface area (Å²) in [5, 5.41) is 3.32. The number of hydrogen-bond acceptors (Lipinski definition) is 3. The number of piperidine rings is 1. The van der Waals surface area contributed by atoms with Crippen molar-refractivity contribution in [3.8, 4) is 0 Å². The lowest BCUT2D eigenvalue weighted by Crippen LogP contribution is -2.35. The number of benzene rings is 2. The van der Waals surface area contributed by atoms with Gasteiger partial charge in [0.05, 0.1) is 21.5 Å². The van der Waals surface area contributed by atoms with Gasteiger partial charge in [-0.15, -0.1) is 0 Å². The van der Waals surface area contributed by atoms with Crippen LogP contribution in [-0.2, 0) is 22.9 Å². The second-order valence-electron chi connectivity index (χ2n) is 8.78. The van der Waals surface area contributed by atoms with Gasteiger partial charge >= 0.3 is 0 Å². The summed E-state index contributed by atoms with van der Waals surface area (Å²) in [6.07, 6.45) is 8.12. The van der Waals surface area contributed by atoms with Crippen LogP contribution in [0.1, 0.15) is 78.5 Å².